The molecule has 0 saturated heterocycles. The van der Waals surface area contributed by atoms with E-state index in [1.54, 1.807) is 0 Å². The summed E-state index contributed by atoms with van der Waals surface area (Å²) in [5.74, 6) is 0. The number of hydrogen-bond acceptors (Lipinski definition) is 3. The van der Waals surface area contributed by atoms with Crippen LogP contribution in [0.3, 0.4) is 0 Å². The lowest BCUT2D eigenvalue weighted by atomic mass is 9.73. The van der Waals surface area contributed by atoms with Crippen LogP contribution in [0.25, 0.3) is 0 Å². The van der Waals surface area contributed by atoms with Crippen molar-refractivity contribution in [1.82, 2.24) is 15.1 Å². The second-order valence-corrected chi connectivity index (χ2v) is 6.33. The lowest BCUT2D eigenvalue weighted by Crippen LogP contribution is -2.44. The second kappa shape index (κ2) is 5.63. The van der Waals surface area contributed by atoms with Crippen LogP contribution in [-0.2, 0) is 7.05 Å². The molecule has 1 aromatic rings. The van der Waals surface area contributed by atoms with Crippen LogP contribution in [0, 0.1) is 12.3 Å². The number of aliphatic hydroxyl groups excluding tert-OH is 1. The van der Waals surface area contributed by atoms with Crippen molar-refractivity contribution in [2.75, 3.05) is 6.54 Å². The first kappa shape index (κ1) is 14.5. The van der Waals surface area contributed by atoms with Crippen LogP contribution >= 0.6 is 0 Å². The largest absolute Gasteiger partial charge is 0.393 e. The van der Waals surface area contributed by atoms with Crippen molar-refractivity contribution in [1.29, 1.82) is 0 Å². The predicted molar refractivity (Wildman–Crippen MR) is 76.9 cm³/mol. The summed E-state index contributed by atoms with van der Waals surface area (Å²) in [6, 6.07) is 0.277. The Bertz CT molecular complexity index is 429. The molecular formula is C15H27N3O. The molecule has 1 saturated carbocycles. The van der Waals surface area contributed by atoms with Crippen LogP contribution in [0.1, 0.15) is 56.8 Å². The number of rotatable bonds is 4. The summed E-state index contributed by atoms with van der Waals surface area (Å²) >= 11 is 0. The van der Waals surface area contributed by atoms with Gasteiger partial charge in [-0.05, 0) is 26.7 Å². The molecule has 0 spiro atoms. The Morgan fingerprint density at radius 3 is 2.89 bits per heavy atom. The molecular weight excluding hydrogens is 238 g/mol. The highest BCUT2D eigenvalue weighted by Gasteiger charge is 2.35. The van der Waals surface area contributed by atoms with Gasteiger partial charge in [0, 0.05) is 36.3 Å². The van der Waals surface area contributed by atoms with Crippen molar-refractivity contribution in [3.63, 3.8) is 0 Å². The van der Waals surface area contributed by atoms with E-state index < -0.39 is 0 Å². The van der Waals surface area contributed by atoms with Crippen LogP contribution in [0.15, 0.2) is 6.20 Å². The fourth-order valence-corrected chi connectivity index (χ4v) is 3.02. The number of aryl methyl sites for hydroxylation is 1. The smallest absolute Gasteiger partial charge is 0.0605 e. The molecule has 2 N–H and O–H groups in total. The van der Waals surface area contributed by atoms with Crippen LogP contribution < -0.4 is 5.32 Å². The summed E-state index contributed by atoms with van der Waals surface area (Å²) in [5.41, 5.74) is 2.47. The van der Waals surface area contributed by atoms with Crippen molar-refractivity contribution in [2.24, 2.45) is 12.5 Å². The van der Waals surface area contributed by atoms with Gasteiger partial charge in [0.05, 0.1) is 12.3 Å². The van der Waals surface area contributed by atoms with Gasteiger partial charge in [-0.2, -0.15) is 5.10 Å². The van der Waals surface area contributed by atoms with Crippen LogP contribution in [0.2, 0.25) is 0 Å². The van der Waals surface area contributed by atoms with Gasteiger partial charge < -0.3 is 10.4 Å². The number of nitrogens with zero attached hydrogens (tertiary/aromatic N) is 2. The van der Waals surface area contributed by atoms with Gasteiger partial charge in [0.2, 0.25) is 0 Å². The molecule has 1 fully saturated rings. The van der Waals surface area contributed by atoms with E-state index in [-0.39, 0.29) is 17.6 Å². The maximum Gasteiger partial charge on any atom is 0.0605 e. The minimum atomic E-state index is -0.170. The Balaban J connectivity index is 1.96. The Labute approximate surface area is 116 Å². The summed E-state index contributed by atoms with van der Waals surface area (Å²) in [5, 5.41) is 18.1. The van der Waals surface area contributed by atoms with Gasteiger partial charge in [0.15, 0.2) is 0 Å². The van der Waals surface area contributed by atoms with E-state index in [0.717, 1.165) is 25.8 Å². The molecule has 1 aliphatic carbocycles. The monoisotopic (exact) mass is 265 g/mol. The molecule has 0 bridgehead atoms. The number of aromatic nitrogens is 2. The Hall–Kier alpha value is -0.870. The quantitative estimate of drug-likeness (QED) is 0.878. The van der Waals surface area contributed by atoms with Crippen molar-refractivity contribution in [3.05, 3.63) is 17.5 Å². The van der Waals surface area contributed by atoms with E-state index in [9.17, 15) is 5.11 Å². The van der Waals surface area contributed by atoms with Gasteiger partial charge in [-0.15, -0.1) is 0 Å². The topological polar surface area (TPSA) is 50.1 Å². The van der Waals surface area contributed by atoms with Crippen molar-refractivity contribution in [3.8, 4) is 0 Å². The first-order valence-corrected chi connectivity index (χ1v) is 7.34. The standard InChI is InChI=1S/C15H27N3O/c1-11(13-9-17-18(4)12(13)2)16-10-15(3)8-6-5-7-14(15)19/h9,11,14,16,19H,5-8,10H2,1-4H3. The molecule has 0 amide bonds. The van der Waals surface area contributed by atoms with Crippen molar-refractivity contribution >= 4 is 0 Å². The van der Waals surface area contributed by atoms with Crippen molar-refractivity contribution in [2.45, 2.75) is 58.6 Å². The molecule has 108 valence electrons. The Morgan fingerprint density at radius 2 is 2.32 bits per heavy atom. The van der Waals surface area contributed by atoms with Gasteiger partial charge in [0.25, 0.3) is 0 Å². The molecule has 4 heteroatoms. The summed E-state index contributed by atoms with van der Waals surface area (Å²) in [7, 11) is 1.97. The normalized spacial score (nSPS) is 29.4. The van der Waals surface area contributed by atoms with Gasteiger partial charge in [-0.25, -0.2) is 0 Å². The summed E-state index contributed by atoms with van der Waals surface area (Å²) < 4.78 is 1.91. The molecule has 3 atom stereocenters. The minimum absolute atomic E-state index is 0.0165. The number of aliphatic hydroxyl groups is 1. The second-order valence-electron chi connectivity index (χ2n) is 6.33. The third-order valence-electron chi connectivity index (χ3n) is 4.83. The van der Waals surface area contributed by atoms with Crippen molar-refractivity contribution < 1.29 is 5.11 Å². The minimum Gasteiger partial charge on any atom is -0.393 e. The van der Waals surface area contributed by atoms with Crippen LogP contribution in [-0.4, -0.2) is 27.5 Å². The first-order chi connectivity index (χ1) is 8.94. The van der Waals surface area contributed by atoms with E-state index in [1.165, 1.54) is 17.7 Å². The molecule has 0 aliphatic heterocycles. The molecule has 0 radical (unpaired) electrons. The molecule has 2 rings (SSSR count). The zero-order valence-electron chi connectivity index (χ0n) is 12.6. The van der Waals surface area contributed by atoms with Crippen LogP contribution in [0.4, 0.5) is 0 Å². The highest BCUT2D eigenvalue weighted by Crippen LogP contribution is 2.36. The van der Waals surface area contributed by atoms with Gasteiger partial charge in [-0.1, -0.05) is 19.8 Å². The zero-order valence-corrected chi connectivity index (χ0v) is 12.6. The molecule has 4 nitrogen and oxygen atoms in total. The molecule has 3 unspecified atom stereocenters. The van der Waals surface area contributed by atoms with E-state index in [1.807, 2.05) is 17.9 Å². The summed E-state index contributed by atoms with van der Waals surface area (Å²) in [4.78, 5) is 0. The SMILES string of the molecule is Cc1c(C(C)NCC2(C)CCCCC2O)cnn1C. The average Bonchev–Trinajstić information content (AvgIpc) is 2.71. The molecule has 1 heterocycles. The average molecular weight is 265 g/mol. The zero-order chi connectivity index (χ0) is 14.0. The highest BCUT2D eigenvalue weighted by molar-refractivity contribution is 5.19. The summed E-state index contributed by atoms with van der Waals surface area (Å²) in [6.07, 6.45) is 6.21. The summed E-state index contributed by atoms with van der Waals surface area (Å²) in [6.45, 7) is 7.33. The third-order valence-corrected chi connectivity index (χ3v) is 4.83. The molecule has 0 aromatic carbocycles. The molecule has 1 aromatic heterocycles. The number of hydrogen-bond donors (Lipinski definition) is 2. The fourth-order valence-electron chi connectivity index (χ4n) is 3.02. The highest BCUT2D eigenvalue weighted by atomic mass is 16.3. The van der Waals surface area contributed by atoms with E-state index >= 15 is 0 Å². The fraction of sp³-hybridized carbons (Fsp3) is 0.800. The maximum atomic E-state index is 10.2. The third kappa shape index (κ3) is 3.00. The van der Waals surface area contributed by atoms with E-state index in [4.69, 9.17) is 0 Å². The van der Waals surface area contributed by atoms with E-state index in [0.29, 0.717) is 0 Å². The Morgan fingerprint density at radius 1 is 1.58 bits per heavy atom. The maximum absolute atomic E-state index is 10.2. The van der Waals surface area contributed by atoms with E-state index in [2.05, 4.69) is 31.2 Å². The first-order valence-electron chi connectivity index (χ1n) is 7.34. The lowest BCUT2D eigenvalue weighted by molar-refractivity contribution is -0.0000218. The number of nitrogens with one attached hydrogen (secondary N) is 1. The molecule has 1 aliphatic rings. The lowest BCUT2D eigenvalue weighted by Gasteiger charge is -2.39. The van der Waals surface area contributed by atoms with Gasteiger partial charge >= 0.3 is 0 Å². The van der Waals surface area contributed by atoms with Gasteiger partial charge in [0.1, 0.15) is 0 Å². The van der Waals surface area contributed by atoms with Crippen LogP contribution in [0.5, 0.6) is 0 Å². The van der Waals surface area contributed by atoms with Gasteiger partial charge in [-0.3, -0.25) is 4.68 Å². The molecule has 19 heavy (non-hydrogen) atoms. The Kier molecular flexibility index (Phi) is 4.31. The predicted octanol–water partition coefficient (Wildman–Crippen LogP) is 2.32.